The molecule has 1 aliphatic carbocycles. The lowest BCUT2D eigenvalue weighted by Gasteiger charge is -2.12. The minimum Gasteiger partial charge on any atom is -0.400 e. The van der Waals surface area contributed by atoms with E-state index in [1.54, 1.807) is 6.08 Å². The van der Waals surface area contributed by atoms with Crippen molar-refractivity contribution in [3.05, 3.63) is 23.0 Å². The zero-order chi connectivity index (χ0) is 7.72. The van der Waals surface area contributed by atoms with Crippen molar-refractivity contribution in [3.8, 4) is 0 Å². The van der Waals surface area contributed by atoms with E-state index in [0.717, 1.165) is 5.57 Å². The van der Waals surface area contributed by atoms with Gasteiger partial charge >= 0.3 is 0 Å². The Kier molecular flexibility index (Phi) is 1.49. The summed E-state index contributed by atoms with van der Waals surface area (Å²) in [5.74, 6) is 0. The maximum atomic E-state index is 7.38. The molecule has 3 nitrogen and oxygen atoms in total. The average molecular weight is 137 g/mol. The first-order chi connectivity index (χ1) is 4.61. The minimum absolute atomic E-state index is 0.494. The number of allylic oxidation sites excluding steroid dienone is 3. The first-order valence-electron chi connectivity index (χ1n) is 3.11. The summed E-state index contributed by atoms with van der Waals surface area (Å²) in [5.41, 5.74) is 13.7. The lowest BCUT2D eigenvalue weighted by molar-refractivity contribution is 1.09. The molecule has 54 valence electrons. The van der Waals surface area contributed by atoms with Crippen LogP contribution in [0.4, 0.5) is 0 Å². The largest absolute Gasteiger partial charge is 0.400 e. The molecule has 0 aromatic rings. The molecule has 0 unspecified atom stereocenters. The molecule has 0 aromatic heterocycles. The molecule has 0 saturated carbocycles. The van der Waals surface area contributed by atoms with E-state index in [1.807, 2.05) is 6.92 Å². The van der Waals surface area contributed by atoms with Crippen LogP contribution in [-0.4, -0.2) is 5.71 Å². The van der Waals surface area contributed by atoms with Crippen molar-refractivity contribution in [2.24, 2.45) is 11.5 Å². The minimum atomic E-state index is 0.494. The molecule has 5 N–H and O–H groups in total. The van der Waals surface area contributed by atoms with Crippen LogP contribution in [0.25, 0.3) is 0 Å². The summed E-state index contributed by atoms with van der Waals surface area (Å²) < 4.78 is 0. The van der Waals surface area contributed by atoms with Gasteiger partial charge in [0.2, 0.25) is 0 Å². The van der Waals surface area contributed by atoms with Crippen molar-refractivity contribution in [2.75, 3.05) is 0 Å². The number of hydrogen-bond donors (Lipinski definition) is 3. The third kappa shape index (κ3) is 1.03. The van der Waals surface area contributed by atoms with Crippen LogP contribution >= 0.6 is 0 Å². The highest BCUT2D eigenvalue weighted by atomic mass is 14.7. The van der Waals surface area contributed by atoms with Crippen molar-refractivity contribution in [2.45, 2.75) is 13.3 Å². The monoisotopic (exact) mass is 137 g/mol. The first kappa shape index (κ1) is 6.86. The molecule has 0 aliphatic heterocycles. The van der Waals surface area contributed by atoms with Gasteiger partial charge in [0.25, 0.3) is 0 Å². The summed E-state index contributed by atoms with van der Waals surface area (Å²) in [7, 11) is 0. The van der Waals surface area contributed by atoms with Gasteiger partial charge in [-0.25, -0.2) is 0 Å². The number of rotatable bonds is 0. The second-order valence-corrected chi connectivity index (χ2v) is 2.46. The van der Waals surface area contributed by atoms with Crippen molar-refractivity contribution in [1.29, 1.82) is 5.41 Å². The molecule has 1 rings (SSSR count). The Morgan fingerprint density at radius 3 is 2.60 bits per heavy atom. The average Bonchev–Trinajstić information content (AvgIpc) is 1.84. The van der Waals surface area contributed by atoms with Crippen LogP contribution in [0.3, 0.4) is 0 Å². The fourth-order valence-electron chi connectivity index (χ4n) is 0.845. The van der Waals surface area contributed by atoms with Crippen LogP contribution in [0.1, 0.15) is 13.3 Å². The maximum absolute atomic E-state index is 7.38. The number of nitrogens with one attached hydrogen (secondary N) is 1. The second-order valence-electron chi connectivity index (χ2n) is 2.46. The zero-order valence-electron chi connectivity index (χ0n) is 5.94. The molecule has 0 fully saturated rings. The van der Waals surface area contributed by atoms with E-state index in [1.165, 1.54) is 0 Å². The van der Waals surface area contributed by atoms with Crippen molar-refractivity contribution >= 4 is 5.71 Å². The van der Waals surface area contributed by atoms with Crippen LogP contribution in [0.15, 0.2) is 23.0 Å². The fraction of sp³-hybridized carbons (Fsp3) is 0.286. The van der Waals surface area contributed by atoms with E-state index >= 15 is 0 Å². The summed E-state index contributed by atoms with van der Waals surface area (Å²) in [5, 5.41) is 7.38. The molecule has 0 amide bonds. The van der Waals surface area contributed by atoms with E-state index in [4.69, 9.17) is 16.9 Å². The van der Waals surface area contributed by atoms with E-state index in [0.29, 0.717) is 23.5 Å². The molecular weight excluding hydrogens is 126 g/mol. The molecule has 0 saturated heterocycles. The smallest absolute Gasteiger partial charge is 0.0512 e. The second kappa shape index (κ2) is 2.17. The van der Waals surface area contributed by atoms with E-state index in [9.17, 15) is 0 Å². The SMILES string of the molecule is CC1=CC(N)=C(N)CC1=N. The van der Waals surface area contributed by atoms with Crippen LogP contribution in [0.5, 0.6) is 0 Å². The van der Waals surface area contributed by atoms with Gasteiger partial charge in [0.05, 0.1) is 5.70 Å². The Hall–Kier alpha value is -1.25. The fourth-order valence-corrected chi connectivity index (χ4v) is 0.845. The highest BCUT2D eigenvalue weighted by Gasteiger charge is 2.09. The Balaban J connectivity index is 2.99. The summed E-state index contributed by atoms with van der Waals surface area (Å²) in [4.78, 5) is 0. The van der Waals surface area contributed by atoms with E-state index in [2.05, 4.69) is 0 Å². The van der Waals surface area contributed by atoms with Gasteiger partial charge in [0, 0.05) is 17.8 Å². The van der Waals surface area contributed by atoms with Gasteiger partial charge in [-0.05, 0) is 18.6 Å². The molecular formula is C7H11N3. The molecule has 0 heterocycles. The topological polar surface area (TPSA) is 75.9 Å². The Labute approximate surface area is 59.9 Å². The van der Waals surface area contributed by atoms with Crippen LogP contribution in [0.2, 0.25) is 0 Å². The van der Waals surface area contributed by atoms with Gasteiger partial charge in [-0.1, -0.05) is 0 Å². The molecule has 0 radical (unpaired) electrons. The van der Waals surface area contributed by atoms with Crippen molar-refractivity contribution in [3.63, 3.8) is 0 Å². The van der Waals surface area contributed by atoms with Gasteiger partial charge in [-0.3, -0.25) is 0 Å². The highest BCUT2D eigenvalue weighted by Crippen LogP contribution is 2.13. The molecule has 10 heavy (non-hydrogen) atoms. The summed E-state index contributed by atoms with van der Waals surface area (Å²) >= 11 is 0. The Morgan fingerprint density at radius 1 is 1.50 bits per heavy atom. The van der Waals surface area contributed by atoms with Gasteiger partial charge in [-0.2, -0.15) is 0 Å². The molecule has 0 bridgehead atoms. The van der Waals surface area contributed by atoms with Gasteiger partial charge < -0.3 is 16.9 Å². The van der Waals surface area contributed by atoms with Crippen molar-refractivity contribution < 1.29 is 0 Å². The predicted octanol–water partition coefficient (Wildman–Crippen LogP) is 0.485. The van der Waals surface area contributed by atoms with E-state index in [-0.39, 0.29) is 0 Å². The number of hydrogen-bond acceptors (Lipinski definition) is 3. The lowest BCUT2D eigenvalue weighted by Crippen LogP contribution is -2.17. The third-order valence-corrected chi connectivity index (χ3v) is 1.59. The van der Waals surface area contributed by atoms with Gasteiger partial charge in [-0.15, -0.1) is 0 Å². The van der Waals surface area contributed by atoms with Crippen LogP contribution in [0, 0.1) is 5.41 Å². The molecule has 1 aliphatic rings. The normalized spacial score (nSPS) is 19.3. The molecule has 3 heteroatoms. The van der Waals surface area contributed by atoms with E-state index < -0.39 is 0 Å². The van der Waals surface area contributed by atoms with Crippen LogP contribution < -0.4 is 11.5 Å². The zero-order valence-corrected chi connectivity index (χ0v) is 5.94. The lowest BCUT2D eigenvalue weighted by atomic mass is 10.0. The molecule has 0 atom stereocenters. The number of nitrogens with two attached hydrogens (primary N) is 2. The maximum Gasteiger partial charge on any atom is 0.0512 e. The predicted molar refractivity (Wildman–Crippen MR) is 41.5 cm³/mol. The molecule has 0 aromatic carbocycles. The third-order valence-electron chi connectivity index (χ3n) is 1.59. The highest BCUT2D eigenvalue weighted by molar-refractivity contribution is 6.00. The summed E-state index contributed by atoms with van der Waals surface area (Å²) in [6.45, 7) is 1.86. The Bertz CT molecular complexity index is 235. The van der Waals surface area contributed by atoms with Crippen molar-refractivity contribution in [1.82, 2.24) is 0 Å². The molecule has 0 spiro atoms. The van der Waals surface area contributed by atoms with Gasteiger partial charge in [0.1, 0.15) is 0 Å². The Morgan fingerprint density at radius 2 is 2.10 bits per heavy atom. The standard InChI is InChI=1S/C7H11N3/c1-4-2-6(9)7(10)3-5(4)8/h2,8H,3,9-10H2,1H3. The summed E-state index contributed by atoms with van der Waals surface area (Å²) in [6, 6.07) is 0. The quantitative estimate of drug-likeness (QED) is 0.454. The van der Waals surface area contributed by atoms with Crippen LogP contribution in [-0.2, 0) is 0 Å². The van der Waals surface area contributed by atoms with Gasteiger partial charge in [0.15, 0.2) is 0 Å². The summed E-state index contributed by atoms with van der Waals surface area (Å²) in [6.07, 6.45) is 2.23. The first-order valence-corrected chi connectivity index (χ1v) is 3.11.